The van der Waals surface area contributed by atoms with Crippen molar-refractivity contribution in [3.05, 3.63) is 53.1 Å². The van der Waals surface area contributed by atoms with E-state index >= 15 is 0 Å². The highest BCUT2D eigenvalue weighted by Gasteiger charge is 2.59. The largest absolute Gasteiger partial charge is 0.495 e. The van der Waals surface area contributed by atoms with Crippen LogP contribution in [-0.4, -0.2) is 43.8 Å². The van der Waals surface area contributed by atoms with Crippen molar-refractivity contribution in [2.75, 3.05) is 24.1 Å². The second kappa shape index (κ2) is 7.46. The van der Waals surface area contributed by atoms with Crippen molar-refractivity contribution in [1.82, 2.24) is 0 Å². The van der Waals surface area contributed by atoms with Gasteiger partial charge in [-0.25, -0.2) is 14.7 Å². The number of carbonyl (C=O) groups is 3. The highest BCUT2D eigenvalue weighted by atomic mass is 35.5. The van der Waals surface area contributed by atoms with Crippen LogP contribution in [0.15, 0.2) is 47.6 Å². The van der Waals surface area contributed by atoms with Crippen LogP contribution in [-0.2, 0) is 19.1 Å². The predicted molar refractivity (Wildman–Crippen MR) is 111 cm³/mol. The average Bonchev–Trinajstić information content (AvgIpc) is 3.27. The first kappa shape index (κ1) is 19.9. The molecule has 2 heterocycles. The van der Waals surface area contributed by atoms with E-state index in [1.54, 1.807) is 49.4 Å². The summed E-state index contributed by atoms with van der Waals surface area (Å²) in [6.07, 6.45) is 0. The number of imide groups is 1. The topological polar surface area (TPSA) is 88.5 Å². The molecule has 2 aromatic rings. The fourth-order valence-electron chi connectivity index (χ4n) is 3.78. The maximum Gasteiger partial charge on any atom is 0.355 e. The summed E-state index contributed by atoms with van der Waals surface area (Å²) < 4.78 is 10.2. The Morgan fingerprint density at radius 1 is 1.03 bits per heavy atom. The third-order valence-corrected chi connectivity index (χ3v) is 5.67. The van der Waals surface area contributed by atoms with Gasteiger partial charge in [0.25, 0.3) is 5.91 Å². The first-order valence-electron chi connectivity index (χ1n) is 9.12. The fourth-order valence-corrected chi connectivity index (χ4v) is 3.95. The number of carbonyl (C=O) groups excluding carboxylic acids is 3. The molecule has 0 aromatic heterocycles. The molecule has 2 aliphatic rings. The van der Waals surface area contributed by atoms with Crippen molar-refractivity contribution >= 4 is 46.5 Å². The number of benzene rings is 2. The summed E-state index contributed by atoms with van der Waals surface area (Å²) in [5.41, 5.74) is 1.28. The van der Waals surface area contributed by atoms with E-state index in [4.69, 9.17) is 21.1 Å². The smallest absolute Gasteiger partial charge is 0.355 e. The molecule has 30 heavy (non-hydrogen) atoms. The van der Waals surface area contributed by atoms with Gasteiger partial charge in [0.15, 0.2) is 5.71 Å². The Balaban J connectivity index is 1.86. The number of anilines is 2. The SMILES string of the molecule is COC(=O)C1=NN(c2ccccc2OC)[C@@H]2C(=O)N(c3cccc(Cl)c3C)C(=O)[C@@H]12. The number of hydrazone groups is 1. The second-order valence-corrected chi connectivity index (χ2v) is 7.22. The van der Waals surface area contributed by atoms with E-state index < -0.39 is 29.7 Å². The van der Waals surface area contributed by atoms with E-state index in [2.05, 4.69) is 5.10 Å². The van der Waals surface area contributed by atoms with Crippen molar-refractivity contribution in [3.8, 4) is 5.75 Å². The minimum absolute atomic E-state index is 0.131. The molecule has 0 saturated carbocycles. The zero-order valence-corrected chi connectivity index (χ0v) is 17.2. The molecule has 0 radical (unpaired) electrons. The number of amides is 2. The molecule has 0 N–H and O–H groups in total. The normalized spacial score (nSPS) is 20.3. The molecular weight excluding hydrogens is 410 g/mol. The summed E-state index contributed by atoms with van der Waals surface area (Å²) in [6, 6.07) is 10.9. The highest BCUT2D eigenvalue weighted by Crippen LogP contribution is 2.42. The Hall–Kier alpha value is -3.39. The van der Waals surface area contributed by atoms with Gasteiger partial charge in [-0.3, -0.25) is 9.59 Å². The average molecular weight is 428 g/mol. The molecule has 154 valence electrons. The highest BCUT2D eigenvalue weighted by molar-refractivity contribution is 6.47. The van der Waals surface area contributed by atoms with Gasteiger partial charge in [0.1, 0.15) is 23.4 Å². The lowest BCUT2D eigenvalue weighted by Gasteiger charge is -2.24. The minimum Gasteiger partial charge on any atom is -0.495 e. The van der Waals surface area contributed by atoms with Crippen LogP contribution >= 0.6 is 11.6 Å². The number of nitrogens with zero attached hydrogens (tertiary/aromatic N) is 3. The Morgan fingerprint density at radius 3 is 2.43 bits per heavy atom. The Morgan fingerprint density at radius 2 is 1.73 bits per heavy atom. The van der Waals surface area contributed by atoms with E-state index in [1.807, 2.05) is 0 Å². The fraction of sp³-hybridized carbons (Fsp3) is 0.238. The lowest BCUT2D eigenvalue weighted by molar-refractivity contribution is -0.133. The van der Waals surface area contributed by atoms with Gasteiger partial charge in [-0.1, -0.05) is 29.8 Å². The van der Waals surface area contributed by atoms with Gasteiger partial charge in [-0.2, -0.15) is 5.10 Å². The molecular formula is C21H18ClN3O5. The van der Waals surface area contributed by atoms with Crippen LogP contribution in [0.1, 0.15) is 5.56 Å². The first-order valence-corrected chi connectivity index (χ1v) is 9.50. The number of esters is 1. The van der Waals surface area contributed by atoms with Crippen LogP contribution in [0.5, 0.6) is 5.75 Å². The predicted octanol–water partition coefficient (Wildman–Crippen LogP) is 2.56. The number of rotatable bonds is 4. The number of ether oxygens (including phenoxy) is 2. The number of methoxy groups -OCH3 is 2. The first-order chi connectivity index (χ1) is 14.4. The third-order valence-electron chi connectivity index (χ3n) is 5.26. The van der Waals surface area contributed by atoms with E-state index in [0.717, 1.165) is 4.90 Å². The number of hydrogen-bond acceptors (Lipinski definition) is 7. The number of fused-ring (bicyclic) bond motifs is 1. The summed E-state index contributed by atoms with van der Waals surface area (Å²) in [6.45, 7) is 1.72. The molecule has 1 fully saturated rings. The number of hydrogen-bond donors (Lipinski definition) is 0. The van der Waals surface area contributed by atoms with Gasteiger partial charge in [0.05, 0.1) is 19.9 Å². The van der Waals surface area contributed by atoms with Gasteiger partial charge < -0.3 is 9.47 Å². The van der Waals surface area contributed by atoms with E-state index in [-0.39, 0.29) is 5.71 Å². The Kier molecular flexibility index (Phi) is 4.95. The standard InChI is InChI=1S/C21H18ClN3O5/c1-11-12(22)7-6-9-13(11)24-19(26)16-17(21(28)30-3)23-25(18(16)20(24)27)14-8-4-5-10-15(14)29-2/h4-10,16,18H,1-3H3/t16-,18-/m0/s1. The molecule has 8 nitrogen and oxygen atoms in total. The zero-order chi connectivity index (χ0) is 21.6. The van der Waals surface area contributed by atoms with Crippen molar-refractivity contribution in [3.63, 3.8) is 0 Å². The number of halogens is 1. The van der Waals surface area contributed by atoms with Crippen LogP contribution in [0.25, 0.3) is 0 Å². The molecule has 0 spiro atoms. The molecule has 9 heteroatoms. The van der Waals surface area contributed by atoms with Crippen LogP contribution in [0.3, 0.4) is 0 Å². The van der Waals surface area contributed by atoms with Crippen molar-refractivity contribution in [2.45, 2.75) is 13.0 Å². The molecule has 0 bridgehead atoms. The lowest BCUT2D eigenvalue weighted by Crippen LogP contribution is -2.39. The molecule has 2 amide bonds. The van der Waals surface area contributed by atoms with Gasteiger partial charge in [-0.15, -0.1) is 0 Å². The maximum atomic E-state index is 13.5. The summed E-state index contributed by atoms with van der Waals surface area (Å²) in [5.74, 6) is -2.49. The summed E-state index contributed by atoms with van der Waals surface area (Å²) in [7, 11) is 2.69. The van der Waals surface area contributed by atoms with Crippen LogP contribution in [0.2, 0.25) is 5.02 Å². The molecule has 4 rings (SSSR count). The van der Waals surface area contributed by atoms with Gasteiger partial charge in [0.2, 0.25) is 5.91 Å². The molecule has 2 atom stereocenters. The summed E-state index contributed by atoms with van der Waals surface area (Å²) >= 11 is 6.20. The third kappa shape index (κ3) is 2.83. The quantitative estimate of drug-likeness (QED) is 0.550. The molecule has 2 aliphatic heterocycles. The van der Waals surface area contributed by atoms with E-state index in [1.165, 1.54) is 19.2 Å². The van der Waals surface area contributed by atoms with Gasteiger partial charge >= 0.3 is 5.97 Å². The van der Waals surface area contributed by atoms with Crippen molar-refractivity contribution in [1.29, 1.82) is 0 Å². The molecule has 0 aliphatic carbocycles. The number of para-hydroxylation sites is 2. The van der Waals surface area contributed by atoms with Crippen LogP contribution in [0, 0.1) is 12.8 Å². The molecule has 1 saturated heterocycles. The lowest BCUT2D eigenvalue weighted by atomic mass is 9.97. The second-order valence-electron chi connectivity index (χ2n) is 6.81. The van der Waals surface area contributed by atoms with Crippen molar-refractivity contribution in [2.24, 2.45) is 11.0 Å². The molecule has 0 unspecified atom stereocenters. The minimum atomic E-state index is -1.10. The summed E-state index contributed by atoms with van der Waals surface area (Å²) in [4.78, 5) is 40.3. The zero-order valence-electron chi connectivity index (χ0n) is 16.5. The van der Waals surface area contributed by atoms with Crippen molar-refractivity contribution < 1.29 is 23.9 Å². The maximum absolute atomic E-state index is 13.5. The summed E-state index contributed by atoms with van der Waals surface area (Å²) in [5, 5.41) is 6.07. The molecule has 2 aromatic carbocycles. The Labute approximate surface area is 177 Å². The van der Waals surface area contributed by atoms with E-state index in [9.17, 15) is 14.4 Å². The van der Waals surface area contributed by atoms with Gasteiger partial charge in [-0.05, 0) is 36.8 Å². The monoisotopic (exact) mass is 427 g/mol. The Bertz CT molecular complexity index is 1100. The van der Waals surface area contributed by atoms with Crippen LogP contribution in [0.4, 0.5) is 11.4 Å². The van der Waals surface area contributed by atoms with E-state index in [0.29, 0.717) is 27.7 Å². The van der Waals surface area contributed by atoms with Crippen LogP contribution < -0.4 is 14.6 Å². The van der Waals surface area contributed by atoms with Gasteiger partial charge in [0, 0.05) is 5.02 Å².